The predicted octanol–water partition coefficient (Wildman–Crippen LogP) is 4.07. The maximum Gasteiger partial charge on any atom is 0.422 e. The molecule has 2 aliphatic heterocycles. The number of amides is 1. The third-order valence-corrected chi connectivity index (χ3v) is 8.68. The third-order valence-electron chi connectivity index (χ3n) is 8.68. The molecule has 0 radical (unpaired) electrons. The van der Waals surface area contributed by atoms with Gasteiger partial charge in [0.25, 0.3) is 5.91 Å². The molecule has 1 unspecified atom stereocenters. The van der Waals surface area contributed by atoms with Crippen molar-refractivity contribution < 1.29 is 32.2 Å². The number of ether oxygens (including phenoxy) is 3. The van der Waals surface area contributed by atoms with Crippen molar-refractivity contribution in [2.45, 2.75) is 30.7 Å². The van der Waals surface area contributed by atoms with E-state index in [0.29, 0.717) is 32.7 Å². The molecule has 0 N–H and O–H groups in total. The van der Waals surface area contributed by atoms with E-state index in [0.717, 1.165) is 11.1 Å². The molecule has 6 rings (SSSR count). The first kappa shape index (κ1) is 33.1. The van der Waals surface area contributed by atoms with Crippen LogP contribution in [0.1, 0.15) is 33.1 Å². The summed E-state index contributed by atoms with van der Waals surface area (Å²) in [5, 5.41) is 0. The Balaban J connectivity index is 1.38. The number of rotatable bonds is 10. The van der Waals surface area contributed by atoms with E-state index < -0.39 is 12.8 Å². The summed E-state index contributed by atoms with van der Waals surface area (Å²) in [4.78, 5) is 36.6. The highest BCUT2D eigenvalue weighted by atomic mass is 19.4. The zero-order valence-corrected chi connectivity index (χ0v) is 26.6. The van der Waals surface area contributed by atoms with Gasteiger partial charge in [0.2, 0.25) is 11.8 Å². The van der Waals surface area contributed by atoms with Gasteiger partial charge in [-0.2, -0.15) is 23.1 Å². The Kier molecular flexibility index (Phi) is 10.0. The van der Waals surface area contributed by atoms with Gasteiger partial charge < -0.3 is 19.1 Å². The fraction of sp³-hybridized carbons (Fsp3) is 0.382. The molecule has 0 bridgehead atoms. The summed E-state index contributed by atoms with van der Waals surface area (Å²) in [5.41, 5.74) is 2.81. The molecule has 2 fully saturated rings. The monoisotopic (exact) mass is 663 g/mol. The molecule has 4 aromatic rings. The molecule has 0 aliphatic carbocycles. The third kappa shape index (κ3) is 7.50. The lowest BCUT2D eigenvalue weighted by atomic mass is 9.81. The van der Waals surface area contributed by atoms with E-state index in [1.807, 2.05) is 36.4 Å². The van der Waals surface area contributed by atoms with Crippen LogP contribution in [0.3, 0.4) is 0 Å². The maximum absolute atomic E-state index is 13.5. The molecule has 252 valence electrons. The molecule has 0 saturated carbocycles. The van der Waals surface area contributed by atoms with Gasteiger partial charge in [0.05, 0.1) is 26.0 Å². The van der Waals surface area contributed by atoms with Gasteiger partial charge in [0, 0.05) is 69.7 Å². The lowest BCUT2D eigenvalue weighted by Gasteiger charge is -2.53. The summed E-state index contributed by atoms with van der Waals surface area (Å²) in [7, 11) is 2.70. The van der Waals surface area contributed by atoms with Crippen molar-refractivity contribution >= 4 is 5.91 Å². The highest BCUT2D eigenvalue weighted by Crippen LogP contribution is 2.38. The van der Waals surface area contributed by atoms with Crippen LogP contribution in [0.5, 0.6) is 17.8 Å². The van der Waals surface area contributed by atoms with Gasteiger partial charge in [-0.25, -0.2) is 4.98 Å². The number of benzene rings is 2. The van der Waals surface area contributed by atoms with E-state index in [1.54, 1.807) is 4.90 Å². The van der Waals surface area contributed by atoms with E-state index >= 15 is 0 Å². The minimum atomic E-state index is -4.58. The topological polar surface area (TPSA) is 106 Å². The number of methoxy groups -OCH3 is 2. The Bertz CT molecular complexity index is 1630. The Labute approximate surface area is 276 Å². The second kappa shape index (κ2) is 14.5. The van der Waals surface area contributed by atoms with Gasteiger partial charge >= 0.3 is 12.2 Å². The normalized spacial score (nSPS) is 18.8. The molecule has 2 saturated heterocycles. The average Bonchev–Trinajstić information content (AvgIpc) is 3.11. The Hall–Kier alpha value is -4.82. The van der Waals surface area contributed by atoms with Crippen LogP contribution in [0, 0.1) is 0 Å². The van der Waals surface area contributed by atoms with Crippen molar-refractivity contribution in [2.75, 3.05) is 53.6 Å². The summed E-state index contributed by atoms with van der Waals surface area (Å²) in [6.45, 7) is 1.21. The summed E-state index contributed by atoms with van der Waals surface area (Å²) in [5.74, 6) is -0.452. The quantitative estimate of drug-likeness (QED) is 0.247. The molecule has 0 spiro atoms. The minimum absolute atomic E-state index is 0.0464. The summed E-state index contributed by atoms with van der Waals surface area (Å²) < 4.78 is 55.7. The maximum atomic E-state index is 13.5. The summed E-state index contributed by atoms with van der Waals surface area (Å²) in [6, 6.07) is 20.1. The van der Waals surface area contributed by atoms with Crippen molar-refractivity contribution in [3.8, 4) is 17.8 Å². The van der Waals surface area contributed by atoms with Gasteiger partial charge in [0.1, 0.15) is 5.69 Å². The first-order chi connectivity index (χ1) is 23.2. The van der Waals surface area contributed by atoms with Crippen LogP contribution in [-0.4, -0.2) is 112 Å². The van der Waals surface area contributed by atoms with Crippen molar-refractivity contribution in [1.82, 2.24) is 34.6 Å². The van der Waals surface area contributed by atoms with Crippen molar-refractivity contribution in [2.24, 2.45) is 0 Å². The molecule has 14 heteroatoms. The van der Waals surface area contributed by atoms with Crippen LogP contribution in [0.15, 0.2) is 79.3 Å². The van der Waals surface area contributed by atoms with Gasteiger partial charge in [0.15, 0.2) is 6.61 Å². The van der Waals surface area contributed by atoms with Gasteiger partial charge in [-0.15, -0.1) is 0 Å². The van der Waals surface area contributed by atoms with Crippen LogP contribution >= 0.6 is 0 Å². The predicted molar refractivity (Wildman–Crippen MR) is 169 cm³/mol. The standard InChI is InChI=1S/C34H36F3N7O4/c1-46-30-26(31(41-33(40-30)47-2)48-22-34(35,36)37)20-42-18-25-19-43(32(45)27-17-38-13-14-39-27)15-16-44(25)28(21-42)29(23-9-5-3-6-10-23)24-11-7-4-8-12-24/h3-14,17,25,28-29H,15-16,18-22H2,1-2H3/t25-,28?/m1/s1. The number of carbonyl (C=O) groups is 1. The largest absolute Gasteiger partial charge is 0.481 e. The minimum Gasteiger partial charge on any atom is -0.481 e. The zero-order chi connectivity index (χ0) is 33.7. The molecule has 2 atom stereocenters. The molecule has 48 heavy (non-hydrogen) atoms. The highest BCUT2D eigenvalue weighted by molar-refractivity contribution is 5.92. The number of carbonyl (C=O) groups excluding carboxylic acids is 1. The Morgan fingerprint density at radius 2 is 1.58 bits per heavy atom. The van der Waals surface area contributed by atoms with Crippen molar-refractivity contribution in [3.05, 3.63) is 102 Å². The number of halogens is 3. The fourth-order valence-electron chi connectivity index (χ4n) is 6.66. The Morgan fingerprint density at radius 1 is 0.896 bits per heavy atom. The first-order valence-electron chi connectivity index (χ1n) is 15.6. The van der Waals surface area contributed by atoms with E-state index in [1.165, 1.54) is 32.8 Å². The van der Waals surface area contributed by atoms with Gasteiger partial charge in [-0.05, 0) is 11.1 Å². The molecule has 2 aliphatic rings. The summed E-state index contributed by atoms with van der Waals surface area (Å²) >= 11 is 0. The molecular formula is C34H36F3N7O4. The second-order valence-electron chi connectivity index (χ2n) is 11.7. The number of nitrogens with zero attached hydrogens (tertiary/aromatic N) is 7. The number of hydrogen-bond acceptors (Lipinski definition) is 10. The van der Waals surface area contributed by atoms with Gasteiger partial charge in [-0.1, -0.05) is 60.7 Å². The number of fused-ring (bicyclic) bond motifs is 1. The first-order valence-corrected chi connectivity index (χ1v) is 15.6. The number of alkyl halides is 3. The van der Waals surface area contributed by atoms with Gasteiger partial charge in [-0.3, -0.25) is 19.6 Å². The zero-order valence-electron chi connectivity index (χ0n) is 26.6. The van der Waals surface area contributed by atoms with Crippen LogP contribution in [-0.2, 0) is 6.54 Å². The molecule has 1 amide bonds. The van der Waals surface area contributed by atoms with E-state index in [2.05, 4.69) is 54.0 Å². The van der Waals surface area contributed by atoms with Crippen molar-refractivity contribution in [1.29, 1.82) is 0 Å². The van der Waals surface area contributed by atoms with E-state index in [9.17, 15) is 18.0 Å². The average molecular weight is 664 g/mol. The smallest absolute Gasteiger partial charge is 0.422 e. The van der Waals surface area contributed by atoms with E-state index in [-0.39, 0.29) is 59.5 Å². The molecule has 2 aromatic heterocycles. The lowest BCUT2D eigenvalue weighted by Crippen LogP contribution is -2.67. The highest BCUT2D eigenvalue weighted by Gasteiger charge is 2.44. The van der Waals surface area contributed by atoms with Crippen LogP contribution in [0.25, 0.3) is 0 Å². The second-order valence-corrected chi connectivity index (χ2v) is 11.7. The number of piperazine rings is 2. The molecule has 11 nitrogen and oxygen atoms in total. The van der Waals surface area contributed by atoms with Crippen LogP contribution in [0.4, 0.5) is 13.2 Å². The van der Waals surface area contributed by atoms with E-state index in [4.69, 9.17) is 14.2 Å². The molecular weight excluding hydrogens is 627 g/mol. The molecule has 4 heterocycles. The molecule has 2 aromatic carbocycles. The SMILES string of the molecule is COc1nc(OC)c(CN2CC(C(c3ccccc3)c3ccccc3)N3CCN(C(=O)c4cnccn4)C[C@H]3C2)c(OCC(F)(F)F)n1. The van der Waals surface area contributed by atoms with Crippen LogP contribution < -0.4 is 14.2 Å². The number of aromatic nitrogens is 4. The lowest BCUT2D eigenvalue weighted by molar-refractivity contribution is -0.154. The summed E-state index contributed by atoms with van der Waals surface area (Å²) in [6.07, 6.45) is -0.104. The Morgan fingerprint density at radius 3 is 2.19 bits per heavy atom. The van der Waals surface area contributed by atoms with Crippen LogP contribution in [0.2, 0.25) is 0 Å². The fourth-order valence-corrected chi connectivity index (χ4v) is 6.66. The number of hydrogen-bond donors (Lipinski definition) is 0. The van der Waals surface area contributed by atoms with Crippen molar-refractivity contribution in [3.63, 3.8) is 0 Å².